The first kappa shape index (κ1) is 9.20. The zero-order chi connectivity index (χ0) is 10.1. The molecule has 1 aliphatic rings. The van der Waals surface area contributed by atoms with Crippen LogP contribution in [0.1, 0.15) is 12.8 Å². The maximum Gasteiger partial charge on any atom is 0.220 e. The number of nitrogens with two attached hydrogens (primary N) is 1. The van der Waals surface area contributed by atoms with Crippen LogP contribution < -0.4 is 11.1 Å². The van der Waals surface area contributed by atoms with Crippen molar-refractivity contribution in [2.24, 2.45) is 0 Å². The Bertz CT molecular complexity index is 408. The molecule has 1 atom stereocenters. The molecule has 0 saturated carbocycles. The minimum atomic E-state index is 0.0867. The van der Waals surface area contributed by atoms with Crippen molar-refractivity contribution in [2.45, 2.75) is 25.4 Å². The van der Waals surface area contributed by atoms with E-state index in [0.717, 1.165) is 6.42 Å². The summed E-state index contributed by atoms with van der Waals surface area (Å²) in [6, 6.07) is 0.120. The van der Waals surface area contributed by atoms with Crippen molar-refractivity contribution in [3.63, 3.8) is 0 Å². The third-order valence-electron chi connectivity index (χ3n) is 2.28. The van der Waals surface area contributed by atoms with Gasteiger partial charge in [0.25, 0.3) is 0 Å². The van der Waals surface area contributed by atoms with Gasteiger partial charge < -0.3 is 11.1 Å². The smallest absolute Gasteiger partial charge is 0.220 e. The predicted octanol–water partition coefficient (Wildman–Crippen LogP) is -0.199. The number of rotatable bonds is 2. The fourth-order valence-corrected chi connectivity index (χ4v) is 1.75. The average Bonchev–Trinajstić information content (AvgIpc) is 2.67. The molecule has 0 aliphatic carbocycles. The molecule has 1 unspecified atom stereocenters. The number of H-pyrrole nitrogens is 1. The molecule has 7 heteroatoms. The minimum absolute atomic E-state index is 0.0867. The number of carbonyl (C=O) groups is 1. The van der Waals surface area contributed by atoms with Crippen LogP contribution in [0.15, 0.2) is 0 Å². The monoisotopic (exact) mass is 213 g/mol. The summed E-state index contributed by atoms with van der Waals surface area (Å²) in [5.41, 5.74) is 5.60. The summed E-state index contributed by atoms with van der Waals surface area (Å²) in [5, 5.41) is 9.23. The molecule has 0 aromatic carbocycles. The van der Waals surface area contributed by atoms with Crippen LogP contribution in [0.3, 0.4) is 0 Å². The van der Waals surface area contributed by atoms with Gasteiger partial charge in [-0.2, -0.15) is 0 Å². The van der Waals surface area contributed by atoms with Gasteiger partial charge in [-0.1, -0.05) is 0 Å². The van der Waals surface area contributed by atoms with Crippen LogP contribution in [0, 0.1) is 4.77 Å². The highest BCUT2D eigenvalue weighted by atomic mass is 32.1. The molecule has 14 heavy (non-hydrogen) atoms. The van der Waals surface area contributed by atoms with Gasteiger partial charge in [0.1, 0.15) is 0 Å². The van der Waals surface area contributed by atoms with Gasteiger partial charge in [0, 0.05) is 19.0 Å². The SMILES string of the molecule is Nc1n[nH]c(=S)n1CC1CCC(=O)N1. The van der Waals surface area contributed by atoms with E-state index in [1.165, 1.54) is 0 Å². The molecular formula is C7H11N5OS. The lowest BCUT2D eigenvalue weighted by atomic mass is 10.2. The first-order valence-electron chi connectivity index (χ1n) is 4.37. The van der Waals surface area contributed by atoms with Crippen molar-refractivity contribution in [1.82, 2.24) is 20.1 Å². The van der Waals surface area contributed by atoms with Crippen LogP contribution >= 0.6 is 12.2 Å². The van der Waals surface area contributed by atoms with Crippen LogP contribution in [0.25, 0.3) is 0 Å². The van der Waals surface area contributed by atoms with Crippen LogP contribution in [0.5, 0.6) is 0 Å². The molecule has 2 heterocycles. The van der Waals surface area contributed by atoms with Gasteiger partial charge in [0.05, 0.1) is 0 Å². The van der Waals surface area contributed by atoms with Crippen molar-refractivity contribution >= 4 is 24.1 Å². The second kappa shape index (κ2) is 3.41. The number of anilines is 1. The van der Waals surface area contributed by atoms with E-state index in [4.69, 9.17) is 18.0 Å². The molecule has 0 bridgehead atoms. The average molecular weight is 213 g/mol. The van der Waals surface area contributed by atoms with E-state index in [2.05, 4.69) is 15.5 Å². The molecule has 1 saturated heterocycles. The maximum absolute atomic E-state index is 11.0. The molecule has 1 fully saturated rings. The molecule has 1 aromatic heterocycles. The van der Waals surface area contributed by atoms with E-state index in [9.17, 15) is 4.79 Å². The van der Waals surface area contributed by atoms with Crippen LogP contribution in [0.2, 0.25) is 0 Å². The number of amides is 1. The largest absolute Gasteiger partial charge is 0.368 e. The van der Waals surface area contributed by atoms with Crippen molar-refractivity contribution in [2.75, 3.05) is 5.73 Å². The highest BCUT2D eigenvalue weighted by Crippen LogP contribution is 2.10. The lowest BCUT2D eigenvalue weighted by Gasteiger charge is -2.10. The summed E-state index contributed by atoms with van der Waals surface area (Å²) in [6.45, 7) is 0.590. The van der Waals surface area contributed by atoms with Gasteiger partial charge in [-0.15, -0.1) is 5.10 Å². The zero-order valence-electron chi connectivity index (χ0n) is 7.49. The second-order valence-electron chi connectivity index (χ2n) is 3.30. The normalized spacial score (nSPS) is 21.1. The van der Waals surface area contributed by atoms with E-state index in [1.54, 1.807) is 4.57 Å². The highest BCUT2D eigenvalue weighted by Gasteiger charge is 2.21. The Morgan fingerprint density at radius 1 is 1.71 bits per heavy atom. The van der Waals surface area contributed by atoms with Crippen LogP contribution in [-0.2, 0) is 11.3 Å². The van der Waals surface area contributed by atoms with Crippen LogP contribution in [-0.4, -0.2) is 26.7 Å². The minimum Gasteiger partial charge on any atom is -0.368 e. The molecule has 1 aromatic rings. The third-order valence-corrected chi connectivity index (χ3v) is 2.59. The maximum atomic E-state index is 11.0. The van der Waals surface area contributed by atoms with E-state index in [0.29, 0.717) is 23.7 Å². The Balaban J connectivity index is 2.11. The molecular weight excluding hydrogens is 202 g/mol. The van der Waals surface area contributed by atoms with Gasteiger partial charge >= 0.3 is 0 Å². The summed E-state index contributed by atoms with van der Waals surface area (Å²) >= 11 is 4.99. The summed E-state index contributed by atoms with van der Waals surface area (Å²) in [7, 11) is 0. The van der Waals surface area contributed by atoms with Gasteiger partial charge in [-0.3, -0.25) is 9.36 Å². The predicted molar refractivity (Wildman–Crippen MR) is 53.0 cm³/mol. The van der Waals surface area contributed by atoms with Crippen molar-refractivity contribution in [3.8, 4) is 0 Å². The number of carbonyl (C=O) groups excluding carboxylic acids is 1. The lowest BCUT2D eigenvalue weighted by molar-refractivity contribution is -0.119. The Hall–Kier alpha value is -1.37. The topological polar surface area (TPSA) is 88.7 Å². The number of hydrogen-bond donors (Lipinski definition) is 3. The van der Waals surface area contributed by atoms with Gasteiger partial charge in [0.2, 0.25) is 11.9 Å². The Labute approximate surface area is 85.5 Å². The number of nitrogens with one attached hydrogen (secondary N) is 2. The van der Waals surface area contributed by atoms with E-state index >= 15 is 0 Å². The standard InChI is InChI=1S/C7H11N5OS/c8-6-10-11-7(14)12(6)3-4-1-2-5(13)9-4/h4H,1-3H2,(H2,8,10)(H,9,13)(H,11,14). The fourth-order valence-electron chi connectivity index (χ4n) is 1.54. The number of aromatic amines is 1. The zero-order valence-corrected chi connectivity index (χ0v) is 8.30. The van der Waals surface area contributed by atoms with Crippen LogP contribution in [0.4, 0.5) is 5.95 Å². The first-order valence-corrected chi connectivity index (χ1v) is 4.77. The summed E-state index contributed by atoms with van der Waals surface area (Å²) < 4.78 is 2.18. The molecule has 1 amide bonds. The summed E-state index contributed by atoms with van der Waals surface area (Å²) in [5.74, 6) is 0.444. The van der Waals surface area contributed by atoms with Gasteiger partial charge in [0.15, 0.2) is 4.77 Å². The second-order valence-corrected chi connectivity index (χ2v) is 3.69. The molecule has 0 spiro atoms. The molecule has 6 nitrogen and oxygen atoms in total. The molecule has 4 N–H and O–H groups in total. The molecule has 1 aliphatic heterocycles. The Kier molecular flexibility index (Phi) is 2.24. The lowest BCUT2D eigenvalue weighted by Crippen LogP contribution is -2.30. The fraction of sp³-hybridized carbons (Fsp3) is 0.571. The van der Waals surface area contributed by atoms with Crippen molar-refractivity contribution in [1.29, 1.82) is 0 Å². The third kappa shape index (κ3) is 1.63. The summed E-state index contributed by atoms with van der Waals surface area (Å²) in [4.78, 5) is 11.0. The number of nitrogens with zero attached hydrogens (tertiary/aromatic N) is 2. The molecule has 0 radical (unpaired) electrons. The Morgan fingerprint density at radius 3 is 3.00 bits per heavy atom. The number of hydrogen-bond acceptors (Lipinski definition) is 4. The number of aromatic nitrogens is 3. The first-order chi connectivity index (χ1) is 6.66. The quantitative estimate of drug-likeness (QED) is 0.594. The molecule has 2 rings (SSSR count). The van der Waals surface area contributed by atoms with Gasteiger partial charge in [-0.05, 0) is 18.6 Å². The van der Waals surface area contributed by atoms with Gasteiger partial charge in [-0.25, -0.2) is 5.10 Å². The Morgan fingerprint density at radius 2 is 2.50 bits per heavy atom. The van der Waals surface area contributed by atoms with E-state index < -0.39 is 0 Å². The van der Waals surface area contributed by atoms with Crippen molar-refractivity contribution < 1.29 is 4.79 Å². The molecule has 76 valence electrons. The van der Waals surface area contributed by atoms with Crippen molar-refractivity contribution in [3.05, 3.63) is 4.77 Å². The summed E-state index contributed by atoms with van der Waals surface area (Å²) in [6.07, 6.45) is 1.40. The number of nitrogen functional groups attached to an aromatic ring is 1. The highest BCUT2D eigenvalue weighted by molar-refractivity contribution is 7.71. The van der Waals surface area contributed by atoms with E-state index in [-0.39, 0.29) is 11.9 Å². The van der Waals surface area contributed by atoms with E-state index in [1.807, 2.05) is 0 Å².